The molecule has 0 aliphatic carbocycles. The molecule has 1 aliphatic heterocycles. The highest BCUT2D eigenvalue weighted by Crippen LogP contribution is 2.51. The van der Waals surface area contributed by atoms with Gasteiger partial charge in [-0.2, -0.15) is 0 Å². The standard InChI is InChI=1S/C6H18Cl4N2Si4/c1-13(2,7)11-15(5,6)12(14(3,4)8)16(11,9)10/h1-6H3. The largest absolute Gasteiger partial charge is 0.385 e. The van der Waals surface area contributed by atoms with Crippen LogP contribution in [0, 0.1) is 0 Å². The van der Waals surface area contributed by atoms with Gasteiger partial charge in [-0.3, -0.25) is 0 Å². The quantitative estimate of drug-likeness (QED) is 0.532. The van der Waals surface area contributed by atoms with E-state index in [2.05, 4.69) is 47.1 Å². The van der Waals surface area contributed by atoms with E-state index < -0.39 is 30.5 Å². The SMILES string of the molecule is C[Si](C)(Cl)N1[Si](C)(C)N([Si](C)(C)Cl)[Si]1(Cl)Cl. The van der Waals surface area contributed by atoms with Crippen LogP contribution in [-0.2, 0) is 0 Å². The first-order valence-corrected chi connectivity index (χ1v) is 19.8. The van der Waals surface area contributed by atoms with Gasteiger partial charge in [-0.15, -0.1) is 44.3 Å². The van der Waals surface area contributed by atoms with Crippen LogP contribution in [0.2, 0.25) is 39.3 Å². The van der Waals surface area contributed by atoms with Gasteiger partial charge in [0.2, 0.25) is 15.1 Å². The van der Waals surface area contributed by atoms with Crippen molar-refractivity contribution in [3.63, 3.8) is 0 Å². The lowest BCUT2D eigenvalue weighted by molar-refractivity contribution is 0.671. The molecule has 0 spiro atoms. The number of halogens is 4. The lowest BCUT2D eigenvalue weighted by Gasteiger charge is -2.69. The Morgan fingerprint density at radius 2 is 1.06 bits per heavy atom. The van der Waals surface area contributed by atoms with E-state index in [1.807, 2.05) is 0 Å². The molecule has 0 N–H and O–H groups in total. The molecule has 0 unspecified atom stereocenters. The first-order chi connectivity index (χ1) is 6.73. The topological polar surface area (TPSA) is 6.48 Å². The second kappa shape index (κ2) is 4.22. The van der Waals surface area contributed by atoms with Gasteiger partial charge in [0.15, 0.2) is 8.40 Å². The molecule has 0 aromatic carbocycles. The second-order valence-corrected chi connectivity index (χ2v) is 29.8. The van der Waals surface area contributed by atoms with Gasteiger partial charge >= 0.3 is 7.02 Å². The summed E-state index contributed by atoms with van der Waals surface area (Å²) in [5.41, 5.74) is 0. The van der Waals surface area contributed by atoms with Crippen molar-refractivity contribution in [2.45, 2.75) is 39.3 Å². The normalized spacial score (nSPS) is 26.6. The Labute approximate surface area is 121 Å². The van der Waals surface area contributed by atoms with Crippen LogP contribution < -0.4 is 0 Å². The van der Waals surface area contributed by atoms with Crippen LogP contribution >= 0.6 is 44.3 Å². The Bertz CT molecular complexity index is 256. The van der Waals surface area contributed by atoms with Crippen molar-refractivity contribution in [1.82, 2.24) is 7.79 Å². The summed E-state index contributed by atoms with van der Waals surface area (Å²) < 4.78 is 4.55. The maximum Gasteiger partial charge on any atom is 0.385 e. The third-order valence-electron chi connectivity index (χ3n) is 2.70. The molecule has 96 valence electrons. The summed E-state index contributed by atoms with van der Waals surface area (Å²) in [6.45, 7) is 12.8. The van der Waals surface area contributed by atoms with Crippen LogP contribution in [-0.4, -0.2) is 38.3 Å². The summed E-state index contributed by atoms with van der Waals surface area (Å²) in [5.74, 6) is 0. The van der Waals surface area contributed by atoms with Gasteiger partial charge in [-0.05, 0) is 39.3 Å². The maximum atomic E-state index is 6.58. The number of rotatable bonds is 2. The van der Waals surface area contributed by atoms with Gasteiger partial charge in [0.1, 0.15) is 0 Å². The number of nitrogens with zero attached hydrogens (tertiary/aromatic N) is 2. The third-order valence-corrected chi connectivity index (χ3v) is 33.4. The highest BCUT2D eigenvalue weighted by Gasteiger charge is 2.73. The van der Waals surface area contributed by atoms with Crippen molar-refractivity contribution in [1.29, 1.82) is 0 Å². The minimum absolute atomic E-state index is 1.79. The Morgan fingerprint density at radius 1 is 0.812 bits per heavy atom. The van der Waals surface area contributed by atoms with Crippen LogP contribution in [0.25, 0.3) is 0 Å². The molecular formula is C6H18Cl4N2Si4. The van der Waals surface area contributed by atoms with Crippen molar-refractivity contribution in [3.8, 4) is 0 Å². The molecule has 1 saturated heterocycles. The van der Waals surface area contributed by atoms with Crippen LogP contribution in [0.3, 0.4) is 0 Å². The molecule has 0 aromatic heterocycles. The highest BCUT2D eigenvalue weighted by atomic mass is 35.7. The molecule has 10 heteroatoms. The maximum absolute atomic E-state index is 6.58. The van der Waals surface area contributed by atoms with E-state index in [0.29, 0.717) is 0 Å². The molecule has 0 atom stereocenters. The van der Waals surface area contributed by atoms with E-state index in [-0.39, 0.29) is 0 Å². The van der Waals surface area contributed by atoms with Gasteiger partial charge in [0, 0.05) is 0 Å². The molecule has 1 rings (SSSR count). The minimum Gasteiger partial charge on any atom is -0.308 e. The Morgan fingerprint density at radius 3 is 1.19 bits per heavy atom. The summed E-state index contributed by atoms with van der Waals surface area (Å²) in [6.07, 6.45) is 0. The average molecular weight is 372 g/mol. The number of hydrogen-bond donors (Lipinski definition) is 0. The van der Waals surface area contributed by atoms with E-state index in [9.17, 15) is 0 Å². The van der Waals surface area contributed by atoms with Gasteiger partial charge in [-0.25, -0.2) is 0 Å². The van der Waals surface area contributed by atoms with Crippen LogP contribution in [0.4, 0.5) is 0 Å². The van der Waals surface area contributed by atoms with Crippen molar-refractivity contribution in [2.75, 3.05) is 0 Å². The zero-order valence-corrected chi connectivity index (χ0v) is 17.4. The van der Waals surface area contributed by atoms with E-state index in [1.165, 1.54) is 0 Å². The van der Waals surface area contributed by atoms with E-state index in [1.54, 1.807) is 0 Å². The molecule has 1 aliphatic rings. The Kier molecular flexibility index (Phi) is 4.22. The smallest absolute Gasteiger partial charge is 0.308 e. The van der Waals surface area contributed by atoms with Crippen molar-refractivity contribution < 1.29 is 0 Å². The minimum atomic E-state index is -2.58. The van der Waals surface area contributed by atoms with Gasteiger partial charge < -0.3 is 7.79 Å². The molecular weight excluding hydrogens is 354 g/mol. The monoisotopic (exact) mass is 370 g/mol. The fraction of sp³-hybridized carbons (Fsp3) is 1.00. The molecule has 1 fully saturated rings. The fourth-order valence-corrected chi connectivity index (χ4v) is 50.0. The van der Waals surface area contributed by atoms with Gasteiger partial charge in [-0.1, -0.05) is 0 Å². The summed E-state index contributed by atoms with van der Waals surface area (Å²) in [7, 11) is -8.33. The fourth-order valence-electron chi connectivity index (χ4n) is 2.75. The Balaban J connectivity index is 3.15. The lowest BCUT2D eigenvalue weighted by atomic mass is 11.9. The van der Waals surface area contributed by atoms with Crippen LogP contribution in [0.5, 0.6) is 0 Å². The highest BCUT2D eigenvalue weighted by molar-refractivity contribution is 7.57. The molecule has 2 nitrogen and oxygen atoms in total. The summed E-state index contributed by atoms with van der Waals surface area (Å²) in [4.78, 5) is 0. The van der Waals surface area contributed by atoms with Crippen molar-refractivity contribution in [2.24, 2.45) is 0 Å². The van der Waals surface area contributed by atoms with Gasteiger partial charge in [0.05, 0.1) is 0 Å². The predicted molar refractivity (Wildman–Crippen MR) is 85.3 cm³/mol. The molecule has 0 aromatic rings. The summed E-state index contributed by atoms with van der Waals surface area (Å²) >= 11 is 26.2. The summed E-state index contributed by atoms with van der Waals surface area (Å²) in [6, 6.07) is 0. The van der Waals surface area contributed by atoms with E-state index in [4.69, 9.17) is 44.3 Å². The molecule has 1 heterocycles. The van der Waals surface area contributed by atoms with Crippen LogP contribution in [0.15, 0.2) is 0 Å². The molecule has 0 amide bonds. The molecule has 16 heavy (non-hydrogen) atoms. The first kappa shape index (κ1) is 16.0. The third kappa shape index (κ3) is 2.47. The van der Waals surface area contributed by atoms with Crippen molar-refractivity contribution in [3.05, 3.63) is 0 Å². The van der Waals surface area contributed by atoms with Crippen molar-refractivity contribution >= 4 is 74.8 Å². The molecule has 0 bridgehead atoms. The average Bonchev–Trinajstić information content (AvgIpc) is 1.69. The van der Waals surface area contributed by atoms with E-state index in [0.717, 1.165) is 0 Å². The second-order valence-electron chi connectivity index (χ2n) is 5.49. The Hall–Kier alpha value is 1.95. The zero-order chi connectivity index (χ0) is 13.2. The predicted octanol–water partition coefficient (Wildman–Crippen LogP) is 4.10. The number of hydrogen-bond acceptors (Lipinski definition) is 2. The van der Waals surface area contributed by atoms with Gasteiger partial charge in [0.25, 0.3) is 0 Å². The van der Waals surface area contributed by atoms with E-state index >= 15 is 0 Å². The van der Waals surface area contributed by atoms with Crippen LogP contribution in [0.1, 0.15) is 0 Å². The molecule has 0 radical (unpaired) electrons. The molecule has 0 saturated carbocycles. The zero-order valence-electron chi connectivity index (χ0n) is 10.4. The lowest BCUT2D eigenvalue weighted by Crippen LogP contribution is -2.95. The summed E-state index contributed by atoms with van der Waals surface area (Å²) in [5, 5.41) is 0. The first-order valence-electron chi connectivity index (χ1n) is 5.10.